The van der Waals surface area contributed by atoms with Gasteiger partial charge in [0, 0.05) is 19.0 Å². The van der Waals surface area contributed by atoms with E-state index in [2.05, 4.69) is 46.4 Å². The van der Waals surface area contributed by atoms with E-state index >= 15 is 0 Å². The molecule has 406 valence electrons. The van der Waals surface area contributed by atoms with Crippen molar-refractivity contribution in [1.29, 1.82) is 0 Å². The molecule has 2 aromatic heterocycles. The van der Waals surface area contributed by atoms with Crippen LogP contribution in [0.1, 0.15) is 58.0 Å². The van der Waals surface area contributed by atoms with Crippen LogP contribution in [0.25, 0.3) is 11.0 Å². The van der Waals surface area contributed by atoms with E-state index in [4.69, 9.17) is 60.0 Å². The molecule has 0 radical (unpaired) electrons. The number of aliphatic hydroxyl groups is 1. The van der Waals surface area contributed by atoms with E-state index in [1.807, 2.05) is 159 Å². The number of aromatic nitrogens is 3. The van der Waals surface area contributed by atoms with Gasteiger partial charge in [-0.2, -0.15) is 4.98 Å². The maximum absolute atomic E-state index is 11.8. The van der Waals surface area contributed by atoms with Crippen LogP contribution in [-0.2, 0) is 82.3 Å². The molecule has 3 aliphatic heterocycles. The van der Waals surface area contributed by atoms with Crippen molar-refractivity contribution in [1.82, 2.24) is 14.5 Å². The van der Waals surface area contributed by atoms with Gasteiger partial charge in [0.15, 0.2) is 12.5 Å². The average molecular weight is 1080 g/mol. The molecule has 8 aromatic rings. The van der Waals surface area contributed by atoms with Crippen molar-refractivity contribution in [2.75, 3.05) is 18.9 Å². The summed E-state index contributed by atoms with van der Waals surface area (Å²) >= 11 is 6.48. The molecule has 0 unspecified atom stereocenters. The molecular formula is C63H67ClN4O10. The lowest BCUT2D eigenvalue weighted by atomic mass is 10.0. The van der Waals surface area contributed by atoms with Crippen molar-refractivity contribution in [2.24, 2.45) is 0 Å². The minimum atomic E-state index is -0.988. The summed E-state index contributed by atoms with van der Waals surface area (Å²) in [6, 6.07) is 60.4. The lowest BCUT2D eigenvalue weighted by Gasteiger charge is -2.32. The smallest absolute Gasteiger partial charge is 0.223 e. The first kappa shape index (κ1) is 55.0. The maximum Gasteiger partial charge on any atom is 0.223 e. The van der Waals surface area contributed by atoms with Crippen molar-refractivity contribution in [2.45, 2.75) is 121 Å². The molecule has 10 atom stereocenters. The Bertz CT molecular complexity index is 3040. The van der Waals surface area contributed by atoms with Gasteiger partial charge in [-0.05, 0) is 45.9 Å². The number of aryl methyl sites for hydroxylation is 1. The molecular weight excluding hydrogens is 1010 g/mol. The highest BCUT2D eigenvalue weighted by Crippen LogP contribution is 2.38. The van der Waals surface area contributed by atoms with Crippen LogP contribution in [0.4, 0.5) is 5.95 Å². The van der Waals surface area contributed by atoms with Gasteiger partial charge in [-0.15, -0.1) is 0 Å². The first-order chi connectivity index (χ1) is 38.3. The fraction of sp³-hybridized carbons (Fsp3) is 0.333. The number of nitrogens with zero attached hydrogens (tertiary/aromatic N) is 3. The fourth-order valence-corrected chi connectivity index (χ4v) is 10.3. The Kier molecular flexibility index (Phi) is 19.4. The van der Waals surface area contributed by atoms with Crippen molar-refractivity contribution < 1.29 is 47.7 Å². The SMILES string of the molecule is Cc1cn([C@@H]2O[C@H](COCc3ccccc3)[C@@H](OCc3ccccc3)[C@H](OCc3ccccc3)C[C@H]2O)c2nc(N)nc(Cl)c12.c1ccc(COC[C@H]2O[C@@H]3O[C@@H]3C[C@@H](OCc3ccccc3)[C@@H]2OCc2ccccc2)cc1. The zero-order valence-corrected chi connectivity index (χ0v) is 44.4. The predicted octanol–water partition coefficient (Wildman–Crippen LogP) is 10.9. The number of hydrogen-bond donors (Lipinski definition) is 2. The quantitative estimate of drug-likeness (QED) is 0.0517. The third-order valence-electron chi connectivity index (χ3n) is 14.0. The fourth-order valence-electron chi connectivity index (χ4n) is 9.93. The molecule has 0 bridgehead atoms. The van der Waals surface area contributed by atoms with E-state index < -0.39 is 30.6 Å². The number of hydrogen-bond acceptors (Lipinski definition) is 13. The number of ether oxygens (including phenoxy) is 9. The molecule has 78 heavy (non-hydrogen) atoms. The predicted molar refractivity (Wildman–Crippen MR) is 297 cm³/mol. The molecule has 3 aliphatic rings. The number of aliphatic hydroxyl groups excluding tert-OH is 1. The normalized spacial score (nSPS) is 23.8. The molecule has 5 heterocycles. The van der Waals surface area contributed by atoms with Crippen LogP contribution in [0.3, 0.4) is 0 Å². The van der Waals surface area contributed by atoms with Crippen LogP contribution in [0, 0.1) is 6.92 Å². The third kappa shape index (κ3) is 15.0. The molecule has 0 amide bonds. The van der Waals surface area contributed by atoms with E-state index in [1.165, 1.54) is 0 Å². The summed E-state index contributed by atoms with van der Waals surface area (Å²) in [6.07, 6.45) is -1.59. The second-order valence-corrected chi connectivity index (χ2v) is 20.2. The van der Waals surface area contributed by atoms with Crippen molar-refractivity contribution in [3.05, 3.63) is 232 Å². The van der Waals surface area contributed by atoms with Crippen LogP contribution in [0.5, 0.6) is 0 Å². The Labute approximate surface area is 460 Å². The molecule has 11 rings (SSSR count). The number of halogens is 1. The Morgan fingerprint density at radius 2 is 0.923 bits per heavy atom. The molecule has 0 spiro atoms. The molecule has 0 saturated carbocycles. The molecule has 15 heteroatoms. The number of epoxide rings is 1. The minimum absolute atomic E-state index is 0.0332. The summed E-state index contributed by atoms with van der Waals surface area (Å²) in [7, 11) is 0. The number of nitrogen functional groups attached to an aromatic ring is 1. The summed E-state index contributed by atoms with van der Waals surface area (Å²) in [6.45, 7) is 5.11. The molecule has 6 aromatic carbocycles. The molecule has 14 nitrogen and oxygen atoms in total. The summed E-state index contributed by atoms with van der Waals surface area (Å²) in [4.78, 5) is 8.60. The lowest BCUT2D eigenvalue weighted by molar-refractivity contribution is -0.177. The van der Waals surface area contributed by atoms with Gasteiger partial charge in [0.25, 0.3) is 0 Å². The van der Waals surface area contributed by atoms with Gasteiger partial charge in [-0.1, -0.05) is 194 Å². The first-order valence-corrected chi connectivity index (χ1v) is 27.0. The van der Waals surface area contributed by atoms with Crippen LogP contribution >= 0.6 is 11.6 Å². The largest absolute Gasteiger partial charge is 0.388 e. The monoisotopic (exact) mass is 1070 g/mol. The van der Waals surface area contributed by atoms with E-state index in [1.54, 1.807) is 4.57 Å². The third-order valence-corrected chi connectivity index (χ3v) is 14.2. The van der Waals surface area contributed by atoms with E-state index in [0.29, 0.717) is 57.3 Å². The number of rotatable bonds is 21. The van der Waals surface area contributed by atoms with Gasteiger partial charge in [0.05, 0.1) is 70.4 Å². The second-order valence-electron chi connectivity index (χ2n) is 19.8. The molecule has 3 N–H and O–H groups in total. The molecule has 0 aliphatic carbocycles. The van der Waals surface area contributed by atoms with Crippen LogP contribution < -0.4 is 5.73 Å². The number of fused-ring (bicyclic) bond motifs is 2. The highest BCUT2D eigenvalue weighted by Gasteiger charge is 2.51. The Morgan fingerprint density at radius 1 is 0.526 bits per heavy atom. The van der Waals surface area contributed by atoms with E-state index in [0.717, 1.165) is 45.4 Å². The summed E-state index contributed by atoms with van der Waals surface area (Å²) in [5.74, 6) is 0.0332. The van der Waals surface area contributed by atoms with Crippen molar-refractivity contribution in [3.63, 3.8) is 0 Å². The van der Waals surface area contributed by atoms with Crippen LogP contribution in [0.15, 0.2) is 188 Å². The number of nitrogens with two attached hydrogens (primary N) is 1. The van der Waals surface area contributed by atoms with Gasteiger partial charge < -0.3 is 58.0 Å². The molecule has 3 saturated heterocycles. The standard InChI is InChI=1S/C35H37ClN4O5.C28H30O5/c1-23-18-40(33-30(23)32(36)38-35(37)39-33)34-27(41)17-28(43-20-25-13-7-3-8-14-25)31(44-21-26-15-9-4-10-16-26)29(45-34)22-42-19-24-11-5-2-6-12-24;1-4-10-21(11-5-1)17-29-20-26-27(31-19-23-14-8-3-9-15-23)24(16-25-28(32-25)33-26)30-18-22-12-6-2-7-13-22/h2-16,18,27-29,31,34,41H,17,19-22H2,1H3,(H2,37,38,39);1-15,24-28H,16-20H2/t27-,28-,29-,31+,34-;24-,25-,26-,27+,28+/m11/s1. The Morgan fingerprint density at radius 3 is 1.37 bits per heavy atom. The first-order valence-electron chi connectivity index (χ1n) is 26.6. The highest BCUT2D eigenvalue weighted by atomic mass is 35.5. The van der Waals surface area contributed by atoms with Gasteiger partial charge in [0.2, 0.25) is 5.95 Å². The van der Waals surface area contributed by atoms with Crippen molar-refractivity contribution >= 4 is 28.6 Å². The van der Waals surface area contributed by atoms with Gasteiger partial charge >= 0.3 is 0 Å². The zero-order valence-electron chi connectivity index (χ0n) is 43.7. The lowest BCUT2D eigenvalue weighted by Crippen LogP contribution is -2.44. The summed E-state index contributed by atoms with van der Waals surface area (Å²) in [5.41, 5.74) is 13.8. The average Bonchev–Trinajstić information content (AvgIpc) is 4.31. The second kappa shape index (κ2) is 27.5. The topological polar surface area (TPSA) is 163 Å². The maximum atomic E-state index is 11.8. The highest BCUT2D eigenvalue weighted by molar-refractivity contribution is 6.34. The van der Waals surface area contributed by atoms with Gasteiger partial charge in [0.1, 0.15) is 47.4 Å². The van der Waals surface area contributed by atoms with Gasteiger partial charge in [-0.3, -0.25) is 0 Å². The van der Waals surface area contributed by atoms with Crippen molar-refractivity contribution in [3.8, 4) is 0 Å². The summed E-state index contributed by atoms with van der Waals surface area (Å²) in [5, 5.41) is 12.7. The Balaban J connectivity index is 0.000000185. The number of anilines is 1. The van der Waals surface area contributed by atoms with E-state index in [-0.39, 0.29) is 54.8 Å². The van der Waals surface area contributed by atoms with Gasteiger partial charge in [-0.25, -0.2) is 4.98 Å². The zero-order chi connectivity index (χ0) is 53.5. The minimum Gasteiger partial charge on any atom is -0.388 e. The Hall–Kier alpha value is -6.37. The van der Waals surface area contributed by atoms with E-state index in [9.17, 15) is 5.11 Å². The number of benzene rings is 6. The summed E-state index contributed by atoms with van der Waals surface area (Å²) < 4.78 is 58.8. The van der Waals surface area contributed by atoms with Crippen LogP contribution in [-0.4, -0.2) is 88.0 Å². The molecule has 3 fully saturated rings. The van der Waals surface area contributed by atoms with Crippen LogP contribution in [0.2, 0.25) is 5.15 Å².